The Balaban J connectivity index is 2.18. The summed E-state index contributed by atoms with van der Waals surface area (Å²) in [5, 5.41) is 3.28. The standard InChI is InChI=1S/C15H21FN2O2/c1-15(17-2)7-9-18(10-8-15)14(19)13-11(16)5-4-6-12(13)20-3/h4-6,17H,7-10H2,1-3H3. The van der Waals surface area contributed by atoms with E-state index in [2.05, 4.69) is 12.2 Å². The summed E-state index contributed by atoms with van der Waals surface area (Å²) in [4.78, 5) is 14.2. The van der Waals surface area contributed by atoms with Crippen LogP contribution in [0.5, 0.6) is 5.75 Å². The van der Waals surface area contributed by atoms with Crippen LogP contribution in [-0.2, 0) is 0 Å². The molecule has 0 saturated carbocycles. The Morgan fingerprint density at radius 2 is 2.05 bits per heavy atom. The molecule has 0 bridgehead atoms. The molecule has 1 aromatic rings. The van der Waals surface area contributed by atoms with E-state index in [0.717, 1.165) is 12.8 Å². The molecule has 0 spiro atoms. The monoisotopic (exact) mass is 280 g/mol. The maximum absolute atomic E-state index is 13.9. The van der Waals surface area contributed by atoms with E-state index in [0.29, 0.717) is 13.1 Å². The number of methoxy groups -OCH3 is 1. The normalized spacial score (nSPS) is 17.9. The van der Waals surface area contributed by atoms with Crippen LogP contribution in [0.1, 0.15) is 30.1 Å². The Kier molecular flexibility index (Phi) is 4.28. The van der Waals surface area contributed by atoms with Gasteiger partial charge in [-0.15, -0.1) is 0 Å². The Morgan fingerprint density at radius 3 is 2.60 bits per heavy atom. The lowest BCUT2D eigenvalue weighted by atomic mass is 9.89. The van der Waals surface area contributed by atoms with Crippen molar-refractivity contribution in [1.82, 2.24) is 10.2 Å². The number of hydrogen-bond acceptors (Lipinski definition) is 3. The third-order valence-corrected chi connectivity index (χ3v) is 4.17. The molecule has 1 aromatic carbocycles. The summed E-state index contributed by atoms with van der Waals surface area (Å²) in [6.07, 6.45) is 1.71. The third-order valence-electron chi connectivity index (χ3n) is 4.17. The van der Waals surface area contributed by atoms with E-state index < -0.39 is 5.82 Å². The fourth-order valence-corrected chi connectivity index (χ4v) is 2.49. The van der Waals surface area contributed by atoms with E-state index in [9.17, 15) is 9.18 Å². The molecule has 1 aliphatic heterocycles. The second-order valence-corrected chi connectivity index (χ2v) is 5.42. The van der Waals surface area contributed by atoms with Crippen LogP contribution in [0.25, 0.3) is 0 Å². The molecule has 1 N–H and O–H groups in total. The lowest BCUT2D eigenvalue weighted by Gasteiger charge is -2.39. The lowest BCUT2D eigenvalue weighted by Crippen LogP contribution is -2.51. The first-order valence-corrected chi connectivity index (χ1v) is 6.81. The van der Waals surface area contributed by atoms with Gasteiger partial charge < -0.3 is 15.0 Å². The number of carbonyl (C=O) groups is 1. The van der Waals surface area contributed by atoms with Crippen molar-refractivity contribution >= 4 is 5.91 Å². The quantitative estimate of drug-likeness (QED) is 0.921. The van der Waals surface area contributed by atoms with Gasteiger partial charge in [0.15, 0.2) is 0 Å². The summed E-state index contributed by atoms with van der Waals surface area (Å²) in [6.45, 7) is 3.37. The smallest absolute Gasteiger partial charge is 0.260 e. The van der Waals surface area contributed by atoms with Crippen LogP contribution in [-0.4, -0.2) is 43.6 Å². The van der Waals surface area contributed by atoms with Crippen molar-refractivity contribution in [2.24, 2.45) is 0 Å². The first kappa shape index (κ1) is 14.8. The van der Waals surface area contributed by atoms with E-state index in [1.807, 2.05) is 7.05 Å². The maximum atomic E-state index is 13.9. The van der Waals surface area contributed by atoms with Gasteiger partial charge in [-0.05, 0) is 38.9 Å². The number of nitrogens with one attached hydrogen (secondary N) is 1. The van der Waals surface area contributed by atoms with Crippen LogP contribution in [0, 0.1) is 5.82 Å². The van der Waals surface area contributed by atoms with Crippen molar-refractivity contribution in [2.45, 2.75) is 25.3 Å². The number of likely N-dealkylation sites (tertiary alicyclic amines) is 1. The van der Waals surface area contributed by atoms with E-state index in [4.69, 9.17) is 4.74 Å². The number of benzene rings is 1. The topological polar surface area (TPSA) is 41.6 Å². The molecule has 1 amide bonds. The molecule has 0 radical (unpaired) electrons. The first-order valence-electron chi connectivity index (χ1n) is 6.81. The second-order valence-electron chi connectivity index (χ2n) is 5.42. The molecular formula is C15H21FN2O2. The van der Waals surface area contributed by atoms with Gasteiger partial charge in [-0.1, -0.05) is 6.07 Å². The average Bonchev–Trinajstić information content (AvgIpc) is 2.47. The van der Waals surface area contributed by atoms with Gasteiger partial charge >= 0.3 is 0 Å². The number of halogens is 1. The highest BCUT2D eigenvalue weighted by Crippen LogP contribution is 2.27. The zero-order chi connectivity index (χ0) is 14.8. The SMILES string of the molecule is CNC1(C)CCN(C(=O)c2c(F)cccc2OC)CC1. The second kappa shape index (κ2) is 5.79. The summed E-state index contributed by atoms with van der Waals surface area (Å²) in [7, 11) is 3.37. The van der Waals surface area contributed by atoms with Crippen LogP contribution in [0.4, 0.5) is 4.39 Å². The van der Waals surface area contributed by atoms with E-state index >= 15 is 0 Å². The minimum absolute atomic E-state index is 0.0306. The molecule has 0 unspecified atom stereocenters. The van der Waals surface area contributed by atoms with Crippen LogP contribution in [0.3, 0.4) is 0 Å². The van der Waals surface area contributed by atoms with Gasteiger partial charge in [0.2, 0.25) is 0 Å². The minimum Gasteiger partial charge on any atom is -0.496 e. The Bertz CT molecular complexity index is 497. The molecule has 20 heavy (non-hydrogen) atoms. The summed E-state index contributed by atoms with van der Waals surface area (Å²) < 4.78 is 19.0. The zero-order valence-corrected chi connectivity index (χ0v) is 12.2. The number of piperidine rings is 1. The molecule has 1 saturated heterocycles. The van der Waals surface area contributed by atoms with E-state index in [1.165, 1.54) is 13.2 Å². The van der Waals surface area contributed by atoms with Gasteiger partial charge in [-0.2, -0.15) is 0 Å². The van der Waals surface area contributed by atoms with Crippen molar-refractivity contribution in [2.75, 3.05) is 27.2 Å². The van der Waals surface area contributed by atoms with Crippen molar-refractivity contribution in [3.8, 4) is 5.75 Å². The third kappa shape index (κ3) is 2.77. The molecule has 1 aliphatic rings. The number of hydrogen-bond donors (Lipinski definition) is 1. The summed E-state index contributed by atoms with van der Waals surface area (Å²) in [5.74, 6) is -0.536. The molecule has 2 rings (SSSR count). The molecule has 5 heteroatoms. The molecule has 1 fully saturated rings. The molecule has 4 nitrogen and oxygen atoms in total. The van der Waals surface area contributed by atoms with E-state index in [-0.39, 0.29) is 22.8 Å². The molecule has 0 aliphatic carbocycles. The summed E-state index contributed by atoms with van der Waals surface area (Å²) >= 11 is 0. The molecular weight excluding hydrogens is 259 g/mol. The van der Waals surface area contributed by atoms with Gasteiger partial charge in [0.25, 0.3) is 5.91 Å². The van der Waals surface area contributed by atoms with Gasteiger partial charge in [0, 0.05) is 18.6 Å². The highest BCUT2D eigenvalue weighted by molar-refractivity contribution is 5.97. The summed E-state index contributed by atoms with van der Waals surface area (Å²) in [5.41, 5.74) is 0.0823. The van der Waals surface area contributed by atoms with Gasteiger partial charge in [-0.25, -0.2) is 4.39 Å². The zero-order valence-electron chi connectivity index (χ0n) is 12.2. The Hall–Kier alpha value is -1.62. The van der Waals surface area contributed by atoms with Crippen LogP contribution >= 0.6 is 0 Å². The molecule has 0 aromatic heterocycles. The number of rotatable bonds is 3. The Morgan fingerprint density at radius 1 is 1.40 bits per heavy atom. The number of amides is 1. The van der Waals surface area contributed by atoms with Crippen molar-refractivity contribution in [3.05, 3.63) is 29.6 Å². The van der Waals surface area contributed by atoms with Gasteiger partial charge in [0.05, 0.1) is 7.11 Å². The van der Waals surface area contributed by atoms with Crippen LogP contribution < -0.4 is 10.1 Å². The number of ether oxygens (including phenoxy) is 1. The Labute approximate surface area is 118 Å². The largest absolute Gasteiger partial charge is 0.496 e. The van der Waals surface area contributed by atoms with Crippen molar-refractivity contribution < 1.29 is 13.9 Å². The molecule has 110 valence electrons. The number of carbonyl (C=O) groups excluding carboxylic acids is 1. The maximum Gasteiger partial charge on any atom is 0.260 e. The predicted octanol–water partition coefficient (Wildman–Crippen LogP) is 2.05. The first-order chi connectivity index (χ1) is 9.50. The van der Waals surface area contributed by atoms with Crippen molar-refractivity contribution in [3.63, 3.8) is 0 Å². The predicted molar refractivity (Wildman–Crippen MR) is 75.6 cm³/mol. The highest BCUT2D eigenvalue weighted by atomic mass is 19.1. The van der Waals surface area contributed by atoms with Gasteiger partial charge in [-0.3, -0.25) is 4.79 Å². The van der Waals surface area contributed by atoms with E-state index in [1.54, 1.807) is 17.0 Å². The number of nitrogens with zero attached hydrogens (tertiary/aromatic N) is 1. The highest BCUT2D eigenvalue weighted by Gasteiger charge is 2.32. The van der Waals surface area contributed by atoms with Crippen molar-refractivity contribution in [1.29, 1.82) is 0 Å². The van der Waals surface area contributed by atoms with Gasteiger partial charge in [0.1, 0.15) is 17.1 Å². The minimum atomic E-state index is -0.531. The summed E-state index contributed by atoms with van der Waals surface area (Å²) in [6, 6.07) is 4.44. The average molecular weight is 280 g/mol. The fourth-order valence-electron chi connectivity index (χ4n) is 2.49. The van der Waals surface area contributed by atoms with Crippen LogP contribution in [0.15, 0.2) is 18.2 Å². The lowest BCUT2D eigenvalue weighted by molar-refractivity contribution is 0.0653. The van der Waals surface area contributed by atoms with Crippen LogP contribution in [0.2, 0.25) is 0 Å². The fraction of sp³-hybridized carbons (Fsp3) is 0.533. The molecule has 1 heterocycles. The molecule has 0 atom stereocenters.